The lowest BCUT2D eigenvalue weighted by Crippen LogP contribution is -3.00. The van der Waals surface area contributed by atoms with Crippen molar-refractivity contribution in [3.05, 3.63) is 11.8 Å². The van der Waals surface area contributed by atoms with Gasteiger partial charge in [-0.25, -0.2) is 0 Å². The molecule has 18 heavy (non-hydrogen) atoms. The van der Waals surface area contributed by atoms with E-state index in [1.54, 1.807) is 11.8 Å². The highest BCUT2D eigenvalue weighted by molar-refractivity contribution is 7.99. The SMILES string of the molecule is CCSc1nsnc1C1=CCC[N+](C)(CC)C1.[I-]. The molecule has 1 unspecified atom stereocenters. The van der Waals surface area contributed by atoms with Crippen molar-refractivity contribution >= 4 is 29.1 Å². The highest BCUT2D eigenvalue weighted by atomic mass is 127. The molecule has 3 nitrogen and oxygen atoms in total. The molecule has 2 heterocycles. The first-order valence-electron chi connectivity index (χ1n) is 6.17. The molecular weight excluding hydrogens is 377 g/mol. The number of nitrogens with zero attached hydrogens (tertiary/aromatic N) is 3. The number of aromatic nitrogens is 2. The minimum Gasteiger partial charge on any atom is -1.00 e. The fourth-order valence-electron chi connectivity index (χ4n) is 2.15. The average Bonchev–Trinajstić information content (AvgIpc) is 2.78. The second-order valence-corrected chi connectivity index (χ2v) is 6.47. The highest BCUT2D eigenvalue weighted by Gasteiger charge is 2.27. The number of hydrogen-bond donors (Lipinski definition) is 0. The molecule has 0 aromatic carbocycles. The maximum Gasteiger partial charge on any atom is 0.138 e. The van der Waals surface area contributed by atoms with Crippen molar-refractivity contribution in [2.75, 3.05) is 32.4 Å². The van der Waals surface area contributed by atoms with Gasteiger partial charge >= 0.3 is 0 Å². The summed E-state index contributed by atoms with van der Waals surface area (Å²) in [5.41, 5.74) is 2.53. The third-order valence-electron chi connectivity index (χ3n) is 3.42. The zero-order chi connectivity index (χ0) is 12.3. The first-order valence-corrected chi connectivity index (χ1v) is 7.88. The summed E-state index contributed by atoms with van der Waals surface area (Å²) in [4.78, 5) is 0. The molecule has 1 aromatic rings. The predicted octanol–water partition coefficient (Wildman–Crippen LogP) is -0.0923. The fourth-order valence-corrected chi connectivity index (χ4v) is 3.60. The number of quaternary nitrogens is 1. The van der Waals surface area contributed by atoms with Crippen LogP contribution in [0.2, 0.25) is 0 Å². The van der Waals surface area contributed by atoms with Crippen LogP contribution in [-0.2, 0) is 0 Å². The molecule has 0 fully saturated rings. The summed E-state index contributed by atoms with van der Waals surface area (Å²) >= 11 is 3.14. The van der Waals surface area contributed by atoms with Crippen LogP contribution in [0.25, 0.3) is 5.57 Å². The van der Waals surface area contributed by atoms with Gasteiger partial charge in [-0.2, -0.15) is 8.75 Å². The topological polar surface area (TPSA) is 25.8 Å². The van der Waals surface area contributed by atoms with E-state index in [9.17, 15) is 0 Å². The standard InChI is InChI=1S/C12H20N3S2.HI/c1-4-15(3)8-6-7-10(9-15)11-12(16-5-2)14-17-13-11;/h7H,4-6,8-9H2,1-3H3;1H/q+1;/p-1. The van der Waals surface area contributed by atoms with Crippen molar-refractivity contribution in [3.63, 3.8) is 0 Å². The van der Waals surface area contributed by atoms with Crippen molar-refractivity contribution in [2.45, 2.75) is 25.3 Å². The van der Waals surface area contributed by atoms with E-state index in [-0.39, 0.29) is 24.0 Å². The van der Waals surface area contributed by atoms with Crippen LogP contribution >= 0.6 is 23.5 Å². The first kappa shape index (κ1) is 16.4. The molecule has 6 heteroatoms. The quantitative estimate of drug-likeness (QED) is 0.404. The maximum absolute atomic E-state index is 4.49. The Morgan fingerprint density at radius 1 is 1.39 bits per heavy atom. The van der Waals surface area contributed by atoms with Crippen molar-refractivity contribution in [1.82, 2.24) is 8.75 Å². The lowest BCUT2D eigenvalue weighted by molar-refractivity contribution is -0.901. The maximum atomic E-state index is 4.49. The molecule has 0 aliphatic carbocycles. The highest BCUT2D eigenvalue weighted by Crippen LogP contribution is 2.30. The van der Waals surface area contributed by atoms with Crippen LogP contribution in [-0.4, -0.2) is 45.7 Å². The number of halogens is 1. The summed E-state index contributed by atoms with van der Waals surface area (Å²) in [6, 6.07) is 0. The van der Waals surface area contributed by atoms with Crippen molar-refractivity contribution in [1.29, 1.82) is 0 Å². The minimum absolute atomic E-state index is 0. The molecule has 102 valence electrons. The molecular formula is C12H20IN3S2. The van der Waals surface area contributed by atoms with Gasteiger partial charge in [0.2, 0.25) is 0 Å². The van der Waals surface area contributed by atoms with Crippen LogP contribution in [0.4, 0.5) is 0 Å². The summed E-state index contributed by atoms with van der Waals surface area (Å²) in [5, 5.41) is 1.12. The first-order chi connectivity index (χ1) is 8.18. The van der Waals surface area contributed by atoms with Crippen LogP contribution < -0.4 is 24.0 Å². The average molecular weight is 397 g/mol. The lowest BCUT2D eigenvalue weighted by Gasteiger charge is -2.36. The van der Waals surface area contributed by atoms with E-state index in [1.807, 2.05) is 0 Å². The molecule has 1 aromatic heterocycles. The van der Waals surface area contributed by atoms with Gasteiger partial charge in [0.1, 0.15) is 17.3 Å². The summed E-state index contributed by atoms with van der Waals surface area (Å²) in [7, 11) is 2.33. The van der Waals surface area contributed by atoms with E-state index in [4.69, 9.17) is 0 Å². The van der Waals surface area contributed by atoms with Crippen molar-refractivity contribution < 1.29 is 28.5 Å². The lowest BCUT2D eigenvalue weighted by atomic mass is 10.1. The summed E-state index contributed by atoms with van der Waals surface area (Å²) in [6.45, 7) is 7.96. The number of rotatable bonds is 4. The predicted molar refractivity (Wildman–Crippen MR) is 75.4 cm³/mol. The summed E-state index contributed by atoms with van der Waals surface area (Å²) in [5.74, 6) is 1.06. The molecule has 0 radical (unpaired) electrons. The molecule has 0 N–H and O–H groups in total. The van der Waals surface area contributed by atoms with Gasteiger partial charge in [0.25, 0.3) is 0 Å². The zero-order valence-corrected chi connectivity index (χ0v) is 14.9. The third-order valence-corrected chi connectivity index (χ3v) is 4.91. The molecule has 0 amide bonds. The Kier molecular flexibility index (Phi) is 6.57. The molecule has 0 saturated carbocycles. The molecule has 2 rings (SSSR count). The van der Waals surface area contributed by atoms with Crippen LogP contribution in [0.3, 0.4) is 0 Å². The molecule has 1 aliphatic rings. The Bertz CT molecular complexity index is 419. The van der Waals surface area contributed by atoms with E-state index in [2.05, 4.69) is 35.7 Å². The van der Waals surface area contributed by atoms with E-state index in [1.165, 1.54) is 30.4 Å². The van der Waals surface area contributed by atoms with Crippen LogP contribution in [0.5, 0.6) is 0 Å². The molecule has 1 atom stereocenters. The van der Waals surface area contributed by atoms with E-state index >= 15 is 0 Å². The van der Waals surface area contributed by atoms with E-state index in [0.29, 0.717) is 0 Å². The van der Waals surface area contributed by atoms with Crippen LogP contribution in [0.15, 0.2) is 11.1 Å². The monoisotopic (exact) mass is 397 g/mol. The van der Waals surface area contributed by atoms with E-state index < -0.39 is 0 Å². The van der Waals surface area contributed by atoms with Gasteiger partial charge in [-0.05, 0) is 12.7 Å². The van der Waals surface area contributed by atoms with Crippen molar-refractivity contribution in [2.24, 2.45) is 0 Å². The van der Waals surface area contributed by atoms with Gasteiger partial charge in [-0.3, -0.25) is 0 Å². The smallest absolute Gasteiger partial charge is 0.138 e. The van der Waals surface area contributed by atoms with Gasteiger partial charge < -0.3 is 28.5 Å². The Morgan fingerprint density at radius 2 is 2.17 bits per heavy atom. The van der Waals surface area contributed by atoms with E-state index in [0.717, 1.165) is 33.9 Å². The normalized spacial score (nSPS) is 23.4. The number of likely N-dealkylation sites (N-methyl/N-ethyl adjacent to an activating group) is 1. The number of hydrogen-bond acceptors (Lipinski definition) is 4. The molecule has 1 aliphatic heterocycles. The van der Waals surface area contributed by atoms with Gasteiger partial charge in [0.05, 0.1) is 31.9 Å². The van der Waals surface area contributed by atoms with Crippen LogP contribution in [0, 0.1) is 0 Å². The van der Waals surface area contributed by atoms with Gasteiger partial charge in [-0.15, -0.1) is 11.8 Å². The largest absolute Gasteiger partial charge is 1.00 e. The summed E-state index contributed by atoms with van der Waals surface area (Å²) in [6.07, 6.45) is 3.51. The fraction of sp³-hybridized carbons (Fsp3) is 0.667. The Morgan fingerprint density at radius 3 is 2.83 bits per heavy atom. The second kappa shape index (κ2) is 7.21. The summed E-state index contributed by atoms with van der Waals surface area (Å²) < 4.78 is 10.0. The Labute approximate surface area is 135 Å². The zero-order valence-electron chi connectivity index (χ0n) is 11.1. The van der Waals surface area contributed by atoms with Crippen molar-refractivity contribution in [3.8, 4) is 0 Å². The van der Waals surface area contributed by atoms with Crippen LogP contribution in [0.1, 0.15) is 26.0 Å². The number of thioether (sulfide) groups is 1. The molecule has 0 bridgehead atoms. The van der Waals surface area contributed by atoms with Gasteiger partial charge in [0.15, 0.2) is 0 Å². The molecule has 0 spiro atoms. The van der Waals surface area contributed by atoms with Gasteiger partial charge in [0, 0.05) is 12.0 Å². The Balaban J connectivity index is 0.00000162. The minimum atomic E-state index is 0. The second-order valence-electron chi connectivity index (χ2n) is 4.69. The third kappa shape index (κ3) is 3.68. The van der Waals surface area contributed by atoms with Gasteiger partial charge in [-0.1, -0.05) is 13.0 Å². The Hall–Kier alpha value is 0.340. The molecule has 0 saturated heterocycles.